The van der Waals surface area contributed by atoms with Crippen molar-refractivity contribution in [3.63, 3.8) is 0 Å². The second kappa shape index (κ2) is 8.33. The minimum absolute atomic E-state index is 0.0686. The summed E-state index contributed by atoms with van der Waals surface area (Å²) >= 11 is 0. The van der Waals surface area contributed by atoms with Crippen LogP contribution in [0.1, 0.15) is 13.8 Å². The highest BCUT2D eigenvalue weighted by Gasteiger charge is 2.05. The number of carbonyl (C=O) groups excluding carboxylic acids is 1. The van der Waals surface area contributed by atoms with Gasteiger partial charge in [0.1, 0.15) is 11.3 Å². The van der Waals surface area contributed by atoms with Crippen LogP contribution in [0, 0.1) is 0 Å². The van der Waals surface area contributed by atoms with Crippen molar-refractivity contribution in [3.8, 4) is 5.75 Å². The van der Waals surface area contributed by atoms with Crippen LogP contribution in [0.15, 0.2) is 39.5 Å². The molecule has 2 aromatic rings. The first-order chi connectivity index (χ1) is 11.1. The van der Waals surface area contributed by atoms with Crippen LogP contribution in [-0.2, 0) is 4.79 Å². The molecule has 0 saturated heterocycles. The van der Waals surface area contributed by atoms with Gasteiger partial charge in [0.05, 0.1) is 0 Å². The number of amides is 1. The molecule has 0 spiro atoms. The Morgan fingerprint density at radius 2 is 1.96 bits per heavy atom. The SMILES string of the molecule is CCN(CC)CCNC(=O)COc1ccc2ccc(=O)oc2c1. The van der Waals surface area contributed by atoms with E-state index in [1.54, 1.807) is 24.3 Å². The molecule has 0 aliphatic heterocycles. The Morgan fingerprint density at radius 3 is 2.70 bits per heavy atom. The van der Waals surface area contributed by atoms with Gasteiger partial charge >= 0.3 is 5.63 Å². The summed E-state index contributed by atoms with van der Waals surface area (Å²) in [6, 6.07) is 8.19. The largest absolute Gasteiger partial charge is 0.484 e. The molecule has 0 bridgehead atoms. The second-order valence-electron chi connectivity index (χ2n) is 5.12. The Morgan fingerprint density at radius 1 is 1.22 bits per heavy atom. The fourth-order valence-corrected chi connectivity index (χ4v) is 2.22. The van der Waals surface area contributed by atoms with E-state index in [1.165, 1.54) is 6.07 Å². The van der Waals surface area contributed by atoms with Gasteiger partial charge in [0.15, 0.2) is 6.61 Å². The summed E-state index contributed by atoms with van der Waals surface area (Å²) < 4.78 is 10.5. The van der Waals surface area contributed by atoms with E-state index >= 15 is 0 Å². The lowest BCUT2D eigenvalue weighted by Crippen LogP contribution is -2.36. The number of nitrogens with zero attached hydrogens (tertiary/aromatic N) is 1. The maximum atomic E-state index is 11.8. The van der Waals surface area contributed by atoms with Crippen LogP contribution < -0.4 is 15.7 Å². The molecule has 0 aliphatic carbocycles. The lowest BCUT2D eigenvalue weighted by atomic mass is 10.2. The van der Waals surface area contributed by atoms with E-state index in [4.69, 9.17) is 9.15 Å². The summed E-state index contributed by atoms with van der Waals surface area (Å²) in [5.74, 6) is 0.317. The van der Waals surface area contributed by atoms with Crippen LogP contribution in [0.4, 0.5) is 0 Å². The highest BCUT2D eigenvalue weighted by molar-refractivity contribution is 5.79. The van der Waals surface area contributed by atoms with Crippen molar-refractivity contribution in [1.29, 1.82) is 0 Å². The van der Waals surface area contributed by atoms with Crippen molar-refractivity contribution in [2.24, 2.45) is 0 Å². The number of hydrogen-bond acceptors (Lipinski definition) is 5. The summed E-state index contributed by atoms with van der Waals surface area (Å²) in [6.45, 7) is 7.45. The van der Waals surface area contributed by atoms with Crippen molar-refractivity contribution in [3.05, 3.63) is 40.8 Å². The summed E-state index contributed by atoms with van der Waals surface area (Å²) in [6.07, 6.45) is 0. The number of ether oxygens (including phenoxy) is 1. The molecule has 0 unspecified atom stereocenters. The van der Waals surface area contributed by atoms with Crippen molar-refractivity contribution >= 4 is 16.9 Å². The minimum Gasteiger partial charge on any atom is -0.484 e. The third-order valence-corrected chi connectivity index (χ3v) is 3.61. The molecular formula is C17H22N2O4. The third kappa shape index (κ3) is 5.10. The average Bonchev–Trinajstić information content (AvgIpc) is 2.56. The first-order valence-corrected chi connectivity index (χ1v) is 7.78. The molecule has 6 heteroatoms. The highest BCUT2D eigenvalue weighted by Crippen LogP contribution is 2.19. The maximum absolute atomic E-state index is 11.8. The number of carbonyl (C=O) groups is 1. The van der Waals surface area contributed by atoms with E-state index in [0.717, 1.165) is 25.0 Å². The van der Waals surface area contributed by atoms with E-state index in [1.807, 2.05) is 0 Å². The smallest absolute Gasteiger partial charge is 0.336 e. The monoisotopic (exact) mass is 318 g/mol. The van der Waals surface area contributed by atoms with Gasteiger partial charge in [0.2, 0.25) is 0 Å². The zero-order valence-corrected chi connectivity index (χ0v) is 13.5. The normalized spacial score (nSPS) is 10.9. The fourth-order valence-electron chi connectivity index (χ4n) is 2.22. The van der Waals surface area contributed by atoms with Crippen molar-refractivity contribution in [2.45, 2.75) is 13.8 Å². The van der Waals surface area contributed by atoms with E-state index in [9.17, 15) is 9.59 Å². The molecule has 0 atom stereocenters. The van der Waals surface area contributed by atoms with Gasteiger partial charge in [0, 0.05) is 30.6 Å². The van der Waals surface area contributed by atoms with Gasteiger partial charge in [-0.2, -0.15) is 0 Å². The molecule has 1 N–H and O–H groups in total. The minimum atomic E-state index is -0.413. The van der Waals surface area contributed by atoms with Crippen molar-refractivity contribution in [1.82, 2.24) is 10.2 Å². The van der Waals surface area contributed by atoms with Crippen LogP contribution in [0.3, 0.4) is 0 Å². The lowest BCUT2D eigenvalue weighted by molar-refractivity contribution is -0.123. The summed E-state index contributed by atoms with van der Waals surface area (Å²) in [5, 5.41) is 3.63. The molecule has 0 saturated carbocycles. The van der Waals surface area contributed by atoms with Crippen LogP contribution in [0.5, 0.6) is 5.75 Å². The fraction of sp³-hybridized carbons (Fsp3) is 0.412. The Kier molecular flexibility index (Phi) is 6.17. The Balaban J connectivity index is 1.83. The number of fused-ring (bicyclic) bond motifs is 1. The molecule has 1 aromatic carbocycles. The number of rotatable bonds is 8. The second-order valence-corrected chi connectivity index (χ2v) is 5.12. The molecule has 6 nitrogen and oxygen atoms in total. The number of benzene rings is 1. The zero-order valence-electron chi connectivity index (χ0n) is 13.5. The molecule has 0 radical (unpaired) electrons. The average molecular weight is 318 g/mol. The molecule has 0 fully saturated rings. The van der Waals surface area contributed by atoms with Gasteiger partial charge in [-0.3, -0.25) is 4.79 Å². The van der Waals surface area contributed by atoms with Crippen molar-refractivity contribution in [2.75, 3.05) is 32.8 Å². The third-order valence-electron chi connectivity index (χ3n) is 3.61. The predicted octanol–water partition coefficient (Wildman–Crippen LogP) is 1.63. The quantitative estimate of drug-likeness (QED) is 0.749. The van der Waals surface area contributed by atoms with Crippen LogP contribution in [-0.4, -0.2) is 43.6 Å². The molecule has 1 heterocycles. The Bertz CT molecular complexity index is 707. The molecule has 1 aromatic heterocycles. The van der Waals surface area contributed by atoms with E-state index in [-0.39, 0.29) is 12.5 Å². The van der Waals surface area contributed by atoms with E-state index in [2.05, 4.69) is 24.1 Å². The molecule has 1 amide bonds. The molecule has 23 heavy (non-hydrogen) atoms. The van der Waals surface area contributed by atoms with Crippen LogP contribution >= 0.6 is 0 Å². The topological polar surface area (TPSA) is 71.8 Å². The predicted molar refractivity (Wildman–Crippen MR) is 88.8 cm³/mol. The van der Waals surface area contributed by atoms with Crippen LogP contribution in [0.25, 0.3) is 11.0 Å². The molecular weight excluding hydrogens is 296 g/mol. The number of nitrogens with one attached hydrogen (secondary N) is 1. The van der Waals surface area contributed by atoms with Crippen molar-refractivity contribution < 1.29 is 13.9 Å². The first kappa shape index (κ1) is 17.0. The Labute approximate surface area is 135 Å². The maximum Gasteiger partial charge on any atom is 0.336 e. The summed E-state index contributed by atoms with van der Waals surface area (Å²) in [5.41, 5.74) is 0.0285. The summed E-state index contributed by atoms with van der Waals surface area (Å²) in [7, 11) is 0. The van der Waals surface area contributed by atoms with Gasteiger partial charge in [-0.25, -0.2) is 4.79 Å². The summed E-state index contributed by atoms with van der Waals surface area (Å²) in [4.78, 5) is 25.2. The standard InChI is InChI=1S/C17H22N2O4/c1-3-19(4-2)10-9-18-16(20)12-22-14-7-5-13-6-8-17(21)23-15(13)11-14/h5-8,11H,3-4,9-10,12H2,1-2H3,(H,18,20). The van der Waals surface area contributed by atoms with Gasteiger partial charge in [-0.1, -0.05) is 13.8 Å². The molecule has 0 aliphatic rings. The first-order valence-electron chi connectivity index (χ1n) is 7.78. The lowest BCUT2D eigenvalue weighted by Gasteiger charge is -2.17. The van der Waals surface area contributed by atoms with Gasteiger partial charge in [-0.05, 0) is 31.3 Å². The van der Waals surface area contributed by atoms with Crippen LogP contribution in [0.2, 0.25) is 0 Å². The highest BCUT2D eigenvalue weighted by atomic mass is 16.5. The van der Waals surface area contributed by atoms with E-state index in [0.29, 0.717) is 17.9 Å². The number of hydrogen-bond donors (Lipinski definition) is 1. The molecule has 124 valence electrons. The van der Waals surface area contributed by atoms with Gasteiger partial charge in [0.25, 0.3) is 5.91 Å². The Hall–Kier alpha value is -2.34. The van der Waals surface area contributed by atoms with Gasteiger partial charge in [-0.15, -0.1) is 0 Å². The van der Waals surface area contributed by atoms with E-state index < -0.39 is 5.63 Å². The molecule has 2 rings (SSSR count). The number of likely N-dealkylation sites (N-methyl/N-ethyl adjacent to an activating group) is 1. The zero-order chi connectivity index (χ0) is 16.7. The van der Waals surface area contributed by atoms with Gasteiger partial charge < -0.3 is 19.4 Å².